The standard InChI is InChI=1S/C12H13NO2S/c14-12(15)7-13-6-5-9-8-16-11-4-2-1-3-10(9)11/h1-4,8,13H,5-7H2,(H,14,15). The van der Waals surface area contributed by atoms with Gasteiger partial charge < -0.3 is 10.4 Å². The van der Waals surface area contributed by atoms with Crippen molar-refractivity contribution in [2.75, 3.05) is 13.1 Å². The maximum Gasteiger partial charge on any atom is 0.317 e. The van der Waals surface area contributed by atoms with E-state index in [1.165, 1.54) is 15.6 Å². The number of carbonyl (C=O) groups is 1. The molecule has 2 aromatic rings. The average molecular weight is 235 g/mol. The van der Waals surface area contributed by atoms with Crippen LogP contribution < -0.4 is 5.32 Å². The van der Waals surface area contributed by atoms with E-state index >= 15 is 0 Å². The molecule has 3 nitrogen and oxygen atoms in total. The van der Waals surface area contributed by atoms with Crippen molar-refractivity contribution >= 4 is 27.4 Å². The Morgan fingerprint density at radius 1 is 1.38 bits per heavy atom. The number of rotatable bonds is 5. The molecular weight excluding hydrogens is 222 g/mol. The normalized spacial score (nSPS) is 10.8. The third kappa shape index (κ3) is 2.59. The Labute approximate surface area is 97.7 Å². The lowest BCUT2D eigenvalue weighted by Gasteiger charge is -2.00. The Kier molecular flexibility index (Phi) is 3.54. The van der Waals surface area contributed by atoms with Crippen LogP contribution in [0.25, 0.3) is 10.1 Å². The Bertz CT molecular complexity index is 492. The predicted octanol–water partition coefficient (Wildman–Crippen LogP) is 2.12. The van der Waals surface area contributed by atoms with E-state index in [4.69, 9.17) is 5.11 Å². The van der Waals surface area contributed by atoms with Gasteiger partial charge in [0.1, 0.15) is 0 Å². The molecule has 1 heterocycles. The number of aliphatic carboxylic acids is 1. The summed E-state index contributed by atoms with van der Waals surface area (Å²) in [4.78, 5) is 10.3. The van der Waals surface area contributed by atoms with E-state index in [-0.39, 0.29) is 6.54 Å². The Morgan fingerprint density at radius 2 is 2.19 bits per heavy atom. The number of nitrogens with one attached hydrogen (secondary N) is 1. The average Bonchev–Trinajstić information content (AvgIpc) is 2.68. The molecule has 0 saturated carbocycles. The van der Waals surface area contributed by atoms with E-state index in [1.807, 2.05) is 12.1 Å². The highest BCUT2D eigenvalue weighted by Crippen LogP contribution is 2.25. The number of hydrogen-bond acceptors (Lipinski definition) is 3. The molecule has 0 aliphatic carbocycles. The first-order valence-corrected chi connectivity index (χ1v) is 6.03. The highest BCUT2D eigenvalue weighted by Gasteiger charge is 2.03. The van der Waals surface area contributed by atoms with Crippen LogP contribution in [-0.2, 0) is 11.2 Å². The van der Waals surface area contributed by atoms with Crippen molar-refractivity contribution in [3.8, 4) is 0 Å². The Morgan fingerprint density at radius 3 is 3.00 bits per heavy atom. The van der Waals surface area contributed by atoms with Gasteiger partial charge in [-0.3, -0.25) is 4.79 Å². The van der Waals surface area contributed by atoms with Gasteiger partial charge in [0.25, 0.3) is 0 Å². The summed E-state index contributed by atoms with van der Waals surface area (Å²) in [7, 11) is 0. The molecule has 4 heteroatoms. The van der Waals surface area contributed by atoms with Crippen molar-refractivity contribution < 1.29 is 9.90 Å². The second-order valence-corrected chi connectivity index (χ2v) is 4.49. The minimum Gasteiger partial charge on any atom is -0.480 e. The van der Waals surface area contributed by atoms with E-state index in [2.05, 4.69) is 22.8 Å². The zero-order valence-electron chi connectivity index (χ0n) is 8.77. The summed E-state index contributed by atoms with van der Waals surface area (Å²) in [5.41, 5.74) is 1.29. The molecule has 0 aliphatic heterocycles. The number of fused-ring (bicyclic) bond motifs is 1. The predicted molar refractivity (Wildman–Crippen MR) is 66.0 cm³/mol. The molecule has 0 bridgehead atoms. The largest absolute Gasteiger partial charge is 0.480 e. The van der Waals surface area contributed by atoms with Crippen LogP contribution in [0.4, 0.5) is 0 Å². The Hall–Kier alpha value is -1.39. The van der Waals surface area contributed by atoms with Crippen molar-refractivity contribution in [3.63, 3.8) is 0 Å². The molecule has 0 saturated heterocycles. The van der Waals surface area contributed by atoms with Gasteiger partial charge in [-0.1, -0.05) is 18.2 Å². The van der Waals surface area contributed by atoms with Crippen molar-refractivity contribution in [2.45, 2.75) is 6.42 Å². The first kappa shape index (κ1) is 11.1. The number of carboxylic acid groups (broad SMARTS) is 1. The van der Waals surface area contributed by atoms with E-state index in [0.717, 1.165) is 6.42 Å². The second kappa shape index (κ2) is 5.09. The summed E-state index contributed by atoms with van der Waals surface area (Å²) in [6.07, 6.45) is 0.872. The fraction of sp³-hybridized carbons (Fsp3) is 0.250. The van der Waals surface area contributed by atoms with Gasteiger partial charge in [0, 0.05) is 4.70 Å². The first-order valence-electron chi connectivity index (χ1n) is 5.15. The number of thiophene rings is 1. The lowest BCUT2D eigenvalue weighted by Crippen LogP contribution is -2.24. The summed E-state index contributed by atoms with van der Waals surface area (Å²) >= 11 is 1.73. The van der Waals surface area contributed by atoms with Gasteiger partial charge in [-0.2, -0.15) is 0 Å². The minimum atomic E-state index is -0.810. The van der Waals surface area contributed by atoms with E-state index < -0.39 is 5.97 Å². The van der Waals surface area contributed by atoms with E-state index in [1.54, 1.807) is 11.3 Å². The van der Waals surface area contributed by atoms with E-state index in [9.17, 15) is 4.79 Å². The molecule has 0 aliphatic rings. The van der Waals surface area contributed by atoms with Crippen LogP contribution in [0.3, 0.4) is 0 Å². The van der Waals surface area contributed by atoms with Crippen LogP contribution in [0.15, 0.2) is 29.6 Å². The van der Waals surface area contributed by atoms with Gasteiger partial charge in [-0.15, -0.1) is 11.3 Å². The molecule has 0 fully saturated rings. The van der Waals surface area contributed by atoms with Crippen LogP contribution in [-0.4, -0.2) is 24.2 Å². The highest BCUT2D eigenvalue weighted by atomic mass is 32.1. The van der Waals surface area contributed by atoms with Crippen LogP contribution in [0.2, 0.25) is 0 Å². The van der Waals surface area contributed by atoms with Crippen LogP contribution in [0.5, 0.6) is 0 Å². The zero-order chi connectivity index (χ0) is 11.4. The smallest absolute Gasteiger partial charge is 0.317 e. The van der Waals surface area contributed by atoms with Gasteiger partial charge >= 0.3 is 5.97 Å². The van der Waals surface area contributed by atoms with Crippen molar-refractivity contribution in [2.24, 2.45) is 0 Å². The van der Waals surface area contributed by atoms with Crippen molar-refractivity contribution in [3.05, 3.63) is 35.2 Å². The number of benzene rings is 1. The molecule has 2 rings (SSSR count). The number of hydrogen-bond donors (Lipinski definition) is 2. The summed E-state index contributed by atoms with van der Waals surface area (Å²) in [6, 6.07) is 8.28. The maximum absolute atomic E-state index is 10.3. The molecule has 2 N–H and O–H groups in total. The molecule has 1 aromatic heterocycles. The molecule has 0 unspecified atom stereocenters. The molecule has 84 valence electrons. The van der Waals surface area contributed by atoms with Crippen molar-refractivity contribution in [1.29, 1.82) is 0 Å². The second-order valence-electron chi connectivity index (χ2n) is 3.58. The molecule has 0 radical (unpaired) electrons. The number of carboxylic acids is 1. The quantitative estimate of drug-likeness (QED) is 0.780. The zero-order valence-corrected chi connectivity index (χ0v) is 9.59. The Balaban J connectivity index is 1.97. The molecular formula is C12H13NO2S. The third-order valence-electron chi connectivity index (χ3n) is 2.41. The fourth-order valence-corrected chi connectivity index (χ4v) is 2.64. The van der Waals surface area contributed by atoms with Gasteiger partial charge in [0.2, 0.25) is 0 Å². The molecule has 0 atom stereocenters. The summed E-state index contributed by atoms with van der Waals surface area (Å²) in [6.45, 7) is 0.731. The topological polar surface area (TPSA) is 49.3 Å². The van der Waals surface area contributed by atoms with Gasteiger partial charge in [-0.25, -0.2) is 0 Å². The first-order chi connectivity index (χ1) is 7.77. The van der Waals surface area contributed by atoms with E-state index in [0.29, 0.717) is 6.54 Å². The fourth-order valence-electron chi connectivity index (χ4n) is 1.64. The lowest BCUT2D eigenvalue weighted by molar-refractivity contribution is -0.135. The molecule has 0 amide bonds. The van der Waals surface area contributed by atoms with Crippen LogP contribution in [0, 0.1) is 0 Å². The van der Waals surface area contributed by atoms with Gasteiger partial charge in [-0.05, 0) is 35.4 Å². The van der Waals surface area contributed by atoms with Crippen molar-refractivity contribution in [1.82, 2.24) is 5.32 Å². The summed E-state index contributed by atoms with van der Waals surface area (Å²) in [5, 5.41) is 14.8. The lowest BCUT2D eigenvalue weighted by atomic mass is 10.1. The molecule has 1 aromatic carbocycles. The third-order valence-corrected chi connectivity index (χ3v) is 3.42. The maximum atomic E-state index is 10.3. The van der Waals surface area contributed by atoms with Crippen LogP contribution >= 0.6 is 11.3 Å². The highest BCUT2D eigenvalue weighted by molar-refractivity contribution is 7.17. The van der Waals surface area contributed by atoms with Crippen LogP contribution in [0.1, 0.15) is 5.56 Å². The minimum absolute atomic E-state index is 0.0298. The van der Waals surface area contributed by atoms with Gasteiger partial charge in [0.05, 0.1) is 6.54 Å². The summed E-state index contributed by atoms with van der Waals surface area (Å²) in [5.74, 6) is -0.810. The SMILES string of the molecule is O=C(O)CNCCc1csc2ccccc12. The van der Waals surface area contributed by atoms with Gasteiger partial charge in [0.15, 0.2) is 0 Å². The molecule has 16 heavy (non-hydrogen) atoms. The summed E-state index contributed by atoms with van der Waals surface area (Å²) < 4.78 is 1.29. The monoisotopic (exact) mass is 235 g/mol. The molecule has 0 spiro atoms.